The highest BCUT2D eigenvalue weighted by atomic mass is 15.2. The molecule has 0 amide bonds. The molecule has 0 bridgehead atoms. The third-order valence-corrected chi connectivity index (χ3v) is 4.26. The van der Waals surface area contributed by atoms with Crippen LogP contribution in [0.15, 0.2) is 60.7 Å². The SMILES string of the molecule is c1ccc(N(c2ccccc2)C2CCCCCC2)cc1. The van der Waals surface area contributed by atoms with Crippen LogP contribution >= 0.6 is 0 Å². The minimum absolute atomic E-state index is 0.641. The summed E-state index contributed by atoms with van der Waals surface area (Å²) in [6.45, 7) is 0. The van der Waals surface area contributed by atoms with E-state index in [2.05, 4.69) is 65.6 Å². The van der Waals surface area contributed by atoms with Crippen LogP contribution in [-0.4, -0.2) is 6.04 Å². The molecule has 1 aliphatic carbocycles. The van der Waals surface area contributed by atoms with Gasteiger partial charge in [0.25, 0.3) is 0 Å². The van der Waals surface area contributed by atoms with E-state index in [4.69, 9.17) is 0 Å². The van der Waals surface area contributed by atoms with Crippen LogP contribution < -0.4 is 4.90 Å². The molecule has 20 heavy (non-hydrogen) atoms. The lowest BCUT2D eigenvalue weighted by Gasteiger charge is -2.33. The minimum atomic E-state index is 0.641. The molecule has 3 rings (SSSR count). The predicted octanol–water partition coefficient (Wildman–Crippen LogP) is 5.55. The molecule has 1 fully saturated rings. The number of para-hydroxylation sites is 2. The third-order valence-electron chi connectivity index (χ3n) is 4.26. The average molecular weight is 265 g/mol. The summed E-state index contributed by atoms with van der Waals surface area (Å²) in [7, 11) is 0. The summed E-state index contributed by atoms with van der Waals surface area (Å²) in [4.78, 5) is 2.55. The Bertz CT molecular complexity index is 458. The van der Waals surface area contributed by atoms with Gasteiger partial charge in [-0.1, -0.05) is 62.1 Å². The number of nitrogens with zero attached hydrogens (tertiary/aromatic N) is 1. The molecule has 2 aromatic rings. The largest absolute Gasteiger partial charge is 0.338 e. The Kier molecular flexibility index (Phi) is 4.37. The lowest BCUT2D eigenvalue weighted by atomic mass is 10.0. The zero-order valence-electron chi connectivity index (χ0n) is 12.0. The number of rotatable bonds is 3. The first-order valence-corrected chi connectivity index (χ1v) is 7.84. The summed E-state index contributed by atoms with van der Waals surface area (Å²) < 4.78 is 0. The molecule has 0 saturated heterocycles. The molecule has 0 N–H and O–H groups in total. The van der Waals surface area contributed by atoms with Crippen LogP contribution in [0.1, 0.15) is 38.5 Å². The van der Waals surface area contributed by atoms with Crippen LogP contribution in [0.3, 0.4) is 0 Å². The van der Waals surface area contributed by atoms with Crippen molar-refractivity contribution in [1.82, 2.24) is 0 Å². The Morgan fingerprint density at radius 3 is 1.50 bits per heavy atom. The smallest absolute Gasteiger partial charge is 0.0413 e. The fourth-order valence-corrected chi connectivity index (χ4v) is 3.26. The Morgan fingerprint density at radius 2 is 1.05 bits per heavy atom. The van der Waals surface area contributed by atoms with Crippen LogP contribution in [0, 0.1) is 0 Å². The molecule has 0 aliphatic heterocycles. The summed E-state index contributed by atoms with van der Waals surface area (Å²) in [5.41, 5.74) is 2.65. The summed E-state index contributed by atoms with van der Waals surface area (Å²) in [5.74, 6) is 0. The highest BCUT2D eigenvalue weighted by Crippen LogP contribution is 2.33. The van der Waals surface area contributed by atoms with Gasteiger partial charge in [-0.15, -0.1) is 0 Å². The highest BCUT2D eigenvalue weighted by molar-refractivity contribution is 5.64. The van der Waals surface area contributed by atoms with E-state index < -0.39 is 0 Å². The summed E-state index contributed by atoms with van der Waals surface area (Å²) in [5, 5.41) is 0. The van der Waals surface area contributed by atoms with E-state index in [1.165, 1.54) is 49.9 Å². The van der Waals surface area contributed by atoms with Crippen LogP contribution in [0.25, 0.3) is 0 Å². The van der Waals surface area contributed by atoms with Gasteiger partial charge < -0.3 is 4.90 Å². The van der Waals surface area contributed by atoms with E-state index in [1.54, 1.807) is 0 Å². The van der Waals surface area contributed by atoms with Crippen molar-refractivity contribution >= 4 is 11.4 Å². The molecule has 0 atom stereocenters. The minimum Gasteiger partial charge on any atom is -0.338 e. The van der Waals surface area contributed by atoms with Crippen molar-refractivity contribution in [2.24, 2.45) is 0 Å². The molecule has 1 heteroatoms. The Morgan fingerprint density at radius 1 is 0.600 bits per heavy atom. The first-order valence-electron chi connectivity index (χ1n) is 7.84. The molecular formula is C19H23N. The average Bonchev–Trinajstić information content (AvgIpc) is 2.79. The molecule has 1 nitrogen and oxygen atoms in total. The number of benzene rings is 2. The van der Waals surface area contributed by atoms with Gasteiger partial charge in [0.2, 0.25) is 0 Å². The van der Waals surface area contributed by atoms with E-state index in [-0.39, 0.29) is 0 Å². The van der Waals surface area contributed by atoms with Crippen molar-refractivity contribution in [2.75, 3.05) is 4.90 Å². The van der Waals surface area contributed by atoms with Gasteiger partial charge in [0.05, 0.1) is 0 Å². The fourth-order valence-electron chi connectivity index (χ4n) is 3.26. The van der Waals surface area contributed by atoms with Gasteiger partial charge >= 0.3 is 0 Å². The lowest BCUT2D eigenvalue weighted by molar-refractivity contribution is 0.569. The monoisotopic (exact) mass is 265 g/mol. The van der Waals surface area contributed by atoms with E-state index in [9.17, 15) is 0 Å². The van der Waals surface area contributed by atoms with Gasteiger partial charge in [0.15, 0.2) is 0 Å². The Hall–Kier alpha value is -1.76. The van der Waals surface area contributed by atoms with E-state index in [0.717, 1.165) is 0 Å². The van der Waals surface area contributed by atoms with Crippen molar-refractivity contribution in [1.29, 1.82) is 0 Å². The number of hydrogen-bond donors (Lipinski definition) is 0. The molecular weight excluding hydrogens is 242 g/mol. The van der Waals surface area contributed by atoms with Crippen molar-refractivity contribution in [3.63, 3.8) is 0 Å². The first-order chi connectivity index (χ1) is 9.95. The van der Waals surface area contributed by atoms with Gasteiger partial charge in [0, 0.05) is 17.4 Å². The maximum Gasteiger partial charge on any atom is 0.0413 e. The fraction of sp³-hybridized carbons (Fsp3) is 0.368. The van der Waals surface area contributed by atoms with E-state index >= 15 is 0 Å². The summed E-state index contributed by atoms with van der Waals surface area (Å²) in [6.07, 6.45) is 8.14. The van der Waals surface area contributed by atoms with Gasteiger partial charge in [0.1, 0.15) is 0 Å². The molecule has 0 radical (unpaired) electrons. The van der Waals surface area contributed by atoms with Gasteiger partial charge in [-0.25, -0.2) is 0 Å². The molecule has 0 heterocycles. The van der Waals surface area contributed by atoms with Gasteiger partial charge in [-0.2, -0.15) is 0 Å². The Labute approximate surface area is 122 Å². The quantitative estimate of drug-likeness (QED) is 0.658. The molecule has 1 aliphatic rings. The second-order valence-corrected chi connectivity index (χ2v) is 5.69. The predicted molar refractivity (Wildman–Crippen MR) is 86.5 cm³/mol. The molecule has 2 aromatic carbocycles. The summed E-state index contributed by atoms with van der Waals surface area (Å²) >= 11 is 0. The molecule has 0 aromatic heterocycles. The van der Waals surface area contributed by atoms with Crippen molar-refractivity contribution < 1.29 is 0 Å². The van der Waals surface area contributed by atoms with Gasteiger partial charge in [-0.3, -0.25) is 0 Å². The number of anilines is 2. The summed E-state index contributed by atoms with van der Waals surface area (Å²) in [6, 6.07) is 22.3. The maximum atomic E-state index is 2.55. The van der Waals surface area contributed by atoms with Crippen LogP contribution in [0.4, 0.5) is 11.4 Å². The highest BCUT2D eigenvalue weighted by Gasteiger charge is 2.21. The zero-order chi connectivity index (χ0) is 13.6. The maximum absolute atomic E-state index is 2.55. The second-order valence-electron chi connectivity index (χ2n) is 5.69. The normalized spacial score (nSPS) is 16.6. The standard InChI is InChI=1S/C19H23N/c1-2-6-12-17(11-5-1)20(18-13-7-3-8-14-18)19-15-9-4-10-16-19/h3-4,7-10,13-17H,1-2,5-6,11-12H2. The van der Waals surface area contributed by atoms with Crippen molar-refractivity contribution in [3.05, 3.63) is 60.7 Å². The molecule has 0 spiro atoms. The topological polar surface area (TPSA) is 3.24 Å². The Balaban J connectivity index is 1.95. The second kappa shape index (κ2) is 6.60. The van der Waals surface area contributed by atoms with Gasteiger partial charge in [-0.05, 0) is 37.1 Å². The van der Waals surface area contributed by atoms with Crippen LogP contribution in [0.2, 0.25) is 0 Å². The van der Waals surface area contributed by atoms with Crippen molar-refractivity contribution in [3.8, 4) is 0 Å². The molecule has 0 unspecified atom stereocenters. The third kappa shape index (κ3) is 3.04. The van der Waals surface area contributed by atoms with E-state index in [0.29, 0.717) is 6.04 Å². The van der Waals surface area contributed by atoms with E-state index in [1.807, 2.05) is 0 Å². The van der Waals surface area contributed by atoms with Crippen LogP contribution in [0.5, 0.6) is 0 Å². The first kappa shape index (κ1) is 13.2. The number of hydrogen-bond acceptors (Lipinski definition) is 1. The lowest BCUT2D eigenvalue weighted by Crippen LogP contribution is -2.30. The van der Waals surface area contributed by atoms with Crippen molar-refractivity contribution in [2.45, 2.75) is 44.6 Å². The molecule has 1 saturated carbocycles. The zero-order valence-corrected chi connectivity index (χ0v) is 12.0. The molecule has 104 valence electrons. The van der Waals surface area contributed by atoms with Crippen LogP contribution in [-0.2, 0) is 0 Å².